The molecule has 2 rings (SSSR count). The van der Waals surface area contributed by atoms with Crippen LogP contribution in [0.3, 0.4) is 0 Å². The number of aromatic nitrogens is 1. The number of pyridine rings is 1. The van der Waals surface area contributed by atoms with Crippen molar-refractivity contribution >= 4 is 10.0 Å². The molecule has 112 valence electrons. The number of nitrogens with one attached hydrogen (secondary N) is 1. The molecule has 0 saturated heterocycles. The Morgan fingerprint density at radius 2 is 1.90 bits per heavy atom. The smallest absolute Gasteiger partial charge is 0.250 e. The van der Waals surface area contributed by atoms with Crippen LogP contribution in [0, 0.1) is 6.92 Å². The molecule has 1 N–H and O–H groups in total. The predicted octanol–water partition coefficient (Wildman–Crippen LogP) is 1.31. The Hall–Kier alpha value is -1.92. The lowest BCUT2D eigenvalue weighted by molar-refractivity contribution is 0.580. The first kappa shape index (κ1) is 15.5. The topological polar surface area (TPSA) is 68.2 Å². The summed E-state index contributed by atoms with van der Waals surface area (Å²) in [5.74, 6) is -0.0551. The summed E-state index contributed by atoms with van der Waals surface area (Å²) in [6.07, 6.45) is 1.62. The van der Waals surface area contributed by atoms with Crippen molar-refractivity contribution < 1.29 is 8.42 Å². The van der Waals surface area contributed by atoms with Gasteiger partial charge in [0, 0.05) is 25.9 Å². The quantitative estimate of drug-likeness (QED) is 0.905. The van der Waals surface area contributed by atoms with Gasteiger partial charge in [-0.25, -0.2) is 13.1 Å². The molecule has 21 heavy (non-hydrogen) atoms. The molecule has 0 atom stereocenters. The van der Waals surface area contributed by atoms with Gasteiger partial charge in [-0.15, -0.1) is 0 Å². The van der Waals surface area contributed by atoms with Crippen molar-refractivity contribution in [3.8, 4) is 0 Å². The number of aryl methyl sites for hydroxylation is 2. The van der Waals surface area contributed by atoms with Crippen molar-refractivity contribution in [3.05, 3.63) is 69.6 Å². The van der Waals surface area contributed by atoms with Crippen molar-refractivity contribution in [1.82, 2.24) is 9.29 Å². The van der Waals surface area contributed by atoms with Crippen molar-refractivity contribution in [2.24, 2.45) is 7.05 Å². The van der Waals surface area contributed by atoms with Crippen molar-refractivity contribution in [2.75, 3.05) is 0 Å². The Morgan fingerprint density at radius 1 is 1.14 bits per heavy atom. The molecule has 0 saturated carbocycles. The number of hydrogen-bond acceptors (Lipinski definition) is 3. The molecule has 0 aliphatic carbocycles. The Bertz CT molecular complexity index is 795. The molecule has 2 aromatic rings. The van der Waals surface area contributed by atoms with E-state index in [9.17, 15) is 13.2 Å². The first-order chi connectivity index (χ1) is 9.85. The highest BCUT2D eigenvalue weighted by Gasteiger charge is 2.11. The van der Waals surface area contributed by atoms with E-state index >= 15 is 0 Å². The van der Waals surface area contributed by atoms with Gasteiger partial charge in [0.15, 0.2) is 0 Å². The zero-order chi connectivity index (χ0) is 15.5. The summed E-state index contributed by atoms with van der Waals surface area (Å²) in [6, 6.07) is 10.5. The molecule has 1 aromatic heterocycles. The molecule has 0 unspecified atom stereocenters. The van der Waals surface area contributed by atoms with E-state index in [-0.39, 0.29) is 17.9 Å². The van der Waals surface area contributed by atoms with Crippen LogP contribution in [0.15, 0.2) is 47.4 Å². The third-order valence-electron chi connectivity index (χ3n) is 3.08. The molecule has 0 amide bonds. The maximum absolute atomic E-state index is 12.1. The Balaban J connectivity index is 2.04. The van der Waals surface area contributed by atoms with Crippen LogP contribution in [0.25, 0.3) is 0 Å². The van der Waals surface area contributed by atoms with Gasteiger partial charge in [0.1, 0.15) is 0 Å². The van der Waals surface area contributed by atoms with Gasteiger partial charge in [0.05, 0.1) is 5.75 Å². The highest BCUT2D eigenvalue weighted by atomic mass is 32.2. The zero-order valence-electron chi connectivity index (χ0n) is 12.0. The van der Waals surface area contributed by atoms with E-state index in [0.29, 0.717) is 0 Å². The van der Waals surface area contributed by atoms with E-state index in [1.165, 1.54) is 10.6 Å². The number of rotatable bonds is 5. The summed E-state index contributed by atoms with van der Waals surface area (Å²) in [7, 11) is -1.78. The first-order valence-electron chi connectivity index (χ1n) is 6.54. The molecule has 5 nitrogen and oxygen atoms in total. The minimum absolute atomic E-state index is 0.0551. The van der Waals surface area contributed by atoms with Crippen LogP contribution < -0.4 is 10.3 Å². The van der Waals surface area contributed by atoms with E-state index in [2.05, 4.69) is 4.72 Å². The largest absolute Gasteiger partial charge is 0.318 e. The van der Waals surface area contributed by atoms with Crippen LogP contribution in [0.5, 0.6) is 0 Å². The normalized spacial score (nSPS) is 11.5. The molecule has 1 aromatic carbocycles. The van der Waals surface area contributed by atoms with Crippen molar-refractivity contribution in [2.45, 2.75) is 19.2 Å². The van der Waals surface area contributed by atoms with Crippen LogP contribution in [0.1, 0.15) is 16.7 Å². The highest BCUT2D eigenvalue weighted by Crippen LogP contribution is 2.08. The lowest BCUT2D eigenvalue weighted by Crippen LogP contribution is -2.25. The van der Waals surface area contributed by atoms with E-state index in [1.54, 1.807) is 25.4 Å². The van der Waals surface area contributed by atoms with Gasteiger partial charge in [-0.05, 0) is 18.1 Å². The molecule has 1 heterocycles. The summed E-state index contributed by atoms with van der Waals surface area (Å²) >= 11 is 0. The number of benzene rings is 1. The Morgan fingerprint density at radius 3 is 2.57 bits per heavy atom. The van der Waals surface area contributed by atoms with Gasteiger partial charge in [-0.3, -0.25) is 4.79 Å². The second-order valence-corrected chi connectivity index (χ2v) is 6.86. The summed E-state index contributed by atoms with van der Waals surface area (Å²) in [5, 5.41) is 0. The van der Waals surface area contributed by atoms with Crippen molar-refractivity contribution in [3.63, 3.8) is 0 Å². The van der Waals surface area contributed by atoms with E-state index < -0.39 is 10.0 Å². The molecule has 0 aliphatic heterocycles. The van der Waals surface area contributed by atoms with Crippen LogP contribution in [-0.2, 0) is 29.4 Å². The molecular formula is C15H18N2O3S. The van der Waals surface area contributed by atoms with E-state index in [4.69, 9.17) is 0 Å². The van der Waals surface area contributed by atoms with Gasteiger partial charge in [-0.2, -0.15) is 0 Å². The summed E-state index contributed by atoms with van der Waals surface area (Å²) in [4.78, 5) is 11.3. The maximum atomic E-state index is 12.1. The lowest BCUT2D eigenvalue weighted by Gasteiger charge is -2.08. The van der Waals surface area contributed by atoms with Crippen molar-refractivity contribution in [1.29, 1.82) is 0 Å². The van der Waals surface area contributed by atoms with Gasteiger partial charge < -0.3 is 4.57 Å². The Labute approximate surface area is 124 Å². The Kier molecular flexibility index (Phi) is 4.59. The average Bonchev–Trinajstić information content (AvgIpc) is 2.40. The number of nitrogens with zero attached hydrogens (tertiary/aromatic N) is 1. The van der Waals surface area contributed by atoms with Crippen LogP contribution >= 0.6 is 0 Å². The fraction of sp³-hybridized carbons (Fsp3) is 0.267. The minimum Gasteiger partial charge on any atom is -0.318 e. The van der Waals surface area contributed by atoms with Gasteiger partial charge in [-0.1, -0.05) is 35.9 Å². The molecule has 0 fully saturated rings. The second kappa shape index (κ2) is 6.24. The third kappa shape index (κ3) is 4.54. The summed E-state index contributed by atoms with van der Waals surface area (Å²) in [5.41, 5.74) is 2.40. The van der Waals surface area contributed by atoms with Crippen LogP contribution in [0.4, 0.5) is 0 Å². The fourth-order valence-corrected chi connectivity index (χ4v) is 3.13. The lowest BCUT2D eigenvalue weighted by atomic mass is 10.2. The SMILES string of the molecule is Cc1cccc(CS(=O)(=O)NCc2ccc(=O)n(C)c2)c1. The second-order valence-electron chi connectivity index (χ2n) is 5.06. The molecule has 6 heteroatoms. The average molecular weight is 306 g/mol. The fourth-order valence-electron chi connectivity index (χ4n) is 2.02. The molecule has 0 bridgehead atoms. The highest BCUT2D eigenvalue weighted by molar-refractivity contribution is 7.88. The van der Waals surface area contributed by atoms with E-state index in [0.717, 1.165) is 16.7 Å². The van der Waals surface area contributed by atoms with Gasteiger partial charge in [0.25, 0.3) is 0 Å². The van der Waals surface area contributed by atoms with E-state index in [1.807, 2.05) is 25.1 Å². The zero-order valence-corrected chi connectivity index (χ0v) is 12.9. The van der Waals surface area contributed by atoms with Gasteiger partial charge >= 0.3 is 0 Å². The minimum atomic E-state index is -3.41. The van der Waals surface area contributed by atoms with Gasteiger partial charge in [0.2, 0.25) is 15.6 Å². The summed E-state index contributed by atoms with van der Waals surface area (Å²) < 4.78 is 28.1. The number of sulfonamides is 1. The standard InChI is InChI=1S/C15H18N2O3S/c1-12-4-3-5-13(8-12)11-21(19,20)16-9-14-6-7-15(18)17(2)10-14/h3-8,10,16H,9,11H2,1-2H3. The van der Waals surface area contributed by atoms with Crippen LogP contribution in [-0.4, -0.2) is 13.0 Å². The summed E-state index contributed by atoms with van der Waals surface area (Å²) in [6.45, 7) is 2.09. The first-order valence-corrected chi connectivity index (χ1v) is 8.19. The molecule has 0 spiro atoms. The predicted molar refractivity (Wildman–Crippen MR) is 82.3 cm³/mol. The number of hydrogen-bond donors (Lipinski definition) is 1. The monoisotopic (exact) mass is 306 g/mol. The third-order valence-corrected chi connectivity index (χ3v) is 4.38. The maximum Gasteiger partial charge on any atom is 0.250 e. The molecular weight excluding hydrogens is 288 g/mol. The molecule has 0 radical (unpaired) electrons. The van der Waals surface area contributed by atoms with Crippen LogP contribution in [0.2, 0.25) is 0 Å². The molecule has 0 aliphatic rings.